The Kier molecular flexibility index (Phi) is 5.83. The number of nitrogens with one attached hydrogen (secondary N) is 1. The minimum atomic E-state index is -0.415. The van der Waals surface area contributed by atoms with Gasteiger partial charge >= 0.3 is 5.69 Å². The molecule has 9 nitrogen and oxygen atoms in total. The lowest BCUT2D eigenvalue weighted by Crippen LogP contribution is -2.47. The average Bonchev–Trinajstić information content (AvgIpc) is 2.80. The first-order valence-corrected chi connectivity index (χ1v) is 10.0. The number of piperazine rings is 1. The summed E-state index contributed by atoms with van der Waals surface area (Å²) in [6.45, 7) is 4.69. The van der Waals surface area contributed by atoms with Gasteiger partial charge in [-0.1, -0.05) is 17.7 Å². The second-order valence-corrected chi connectivity index (χ2v) is 7.31. The monoisotopic (exact) mass is 420 g/mol. The van der Waals surface area contributed by atoms with Crippen molar-refractivity contribution >= 4 is 28.7 Å². The Labute approximate surface area is 180 Å². The highest BCUT2D eigenvalue weighted by molar-refractivity contribution is 5.74. The van der Waals surface area contributed by atoms with Gasteiger partial charge in [-0.3, -0.25) is 10.1 Å². The molecule has 1 aliphatic heterocycles. The van der Waals surface area contributed by atoms with Gasteiger partial charge in [0.25, 0.3) is 0 Å². The fourth-order valence-corrected chi connectivity index (χ4v) is 3.60. The Bertz CT molecular complexity index is 1050. The first kappa shape index (κ1) is 20.4. The molecule has 2 aromatic carbocycles. The van der Waals surface area contributed by atoms with Crippen molar-refractivity contribution in [3.63, 3.8) is 0 Å². The van der Waals surface area contributed by atoms with Crippen LogP contribution in [0.15, 0.2) is 54.9 Å². The number of rotatable bonds is 6. The van der Waals surface area contributed by atoms with Crippen LogP contribution in [0.4, 0.5) is 28.7 Å². The number of aryl methyl sites for hydroxylation is 1. The Hall–Kier alpha value is -3.88. The summed E-state index contributed by atoms with van der Waals surface area (Å²) in [5.74, 6) is 1.34. The molecular weight excluding hydrogens is 396 g/mol. The first-order valence-electron chi connectivity index (χ1n) is 10.0. The molecule has 0 atom stereocenters. The van der Waals surface area contributed by atoms with Crippen molar-refractivity contribution in [2.24, 2.45) is 0 Å². The molecule has 4 rings (SSSR count). The molecule has 2 heterocycles. The van der Waals surface area contributed by atoms with E-state index < -0.39 is 4.92 Å². The molecule has 3 aromatic rings. The van der Waals surface area contributed by atoms with E-state index in [1.807, 2.05) is 60.4 Å². The zero-order chi connectivity index (χ0) is 21.8. The second kappa shape index (κ2) is 8.86. The summed E-state index contributed by atoms with van der Waals surface area (Å²) in [6.07, 6.45) is 1.37. The fourth-order valence-electron chi connectivity index (χ4n) is 3.60. The maximum absolute atomic E-state index is 11.9. The summed E-state index contributed by atoms with van der Waals surface area (Å²) in [5, 5.41) is 15.0. The van der Waals surface area contributed by atoms with Crippen LogP contribution in [-0.2, 0) is 0 Å². The quantitative estimate of drug-likeness (QED) is 0.475. The van der Waals surface area contributed by atoms with Crippen LogP contribution in [0.1, 0.15) is 5.56 Å². The molecule has 0 spiro atoms. The maximum Gasteiger partial charge on any atom is 0.353 e. The van der Waals surface area contributed by atoms with Gasteiger partial charge in [-0.25, -0.2) is 9.97 Å². The summed E-state index contributed by atoms with van der Waals surface area (Å²) in [5.41, 5.74) is 2.83. The van der Waals surface area contributed by atoms with Crippen molar-refractivity contribution in [3.05, 3.63) is 70.5 Å². The summed E-state index contributed by atoms with van der Waals surface area (Å²) < 4.78 is 5.22. The lowest BCUT2D eigenvalue weighted by atomic mass is 10.2. The molecule has 0 amide bonds. The van der Waals surface area contributed by atoms with Crippen LogP contribution in [0.5, 0.6) is 5.75 Å². The Morgan fingerprint density at radius 1 is 0.968 bits per heavy atom. The third-order valence-electron chi connectivity index (χ3n) is 5.32. The van der Waals surface area contributed by atoms with Gasteiger partial charge in [0.1, 0.15) is 12.1 Å². The predicted octanol–water partition coefficient (Wildman–Crippen LogP) is 3.77. The standard InChI is InChI=1S/C22H24N6O3/c1-16-3-5-17(6-4-16)25-21-20(28(29)30)22(24-15-23-21)27-13-11-26(12-14-27)18-7-9-19(31-2)10-8-18/h3-10,15H,11-14H2,1-2H3,(H,23,24,25). The molecule has 1 saturated heterocycles. The number of anilines is 4. The molecule has 0 saturated carbocycles. The Morgan fingerprint density at radius 2 is 1.61 bits per heavy atom. The molecule has 0 radical (unpaired) electrons. The molecule has 31 heavy (non-hydrogen) atoms. The lowest BCUT2D eigenvalue weighted by molar-refractivity contribution is -0.383. The summed E-state index contributed by atoms with van der Waals surface area (Å²) in [4.78, 5) is 24.1. The van der Waals surface area contributed by atoms with Crippen molar-refractivity contribution in [2.45, 2.75) is 6.92 Å². The SMILES string of the molecule is COc1ccc(N2CCN(c3ncnc(Nc4ccc(C)cc4)c3[N+](=O)[O-])CC2)cc1. The van der Waals surface area contributed by atoms with E-state index in [1.165, 1.54) is 6.33 Å². The van der Waals surface area contributed by atoms with Gasteiger partial charge in [0.05, 0.1) is 12.0 Å². The molecule has 1 aromatic heterocycles. The topological polar surface area (TPSA) is 96.7 Å². The highest BCUT2D eigenvalue weighted by Crippen LogP contribution is 2.34. The predicted molar refractivity (Wildman–Crippen MR) is 121 cm³/mol. The van der Waals surface area contributed by atoms with Gasteiger partial charge in [-0.15, -0.1) is 0 Å². The second-order valence-electron chi connectivity index (χ2n) is 7.31. The van der Waals surface area contributed by atoms with E-state index in [4.69, 9.17) is 4.74 Å². The van der Waals surface area contributed by atoms with Crippen LogP contribution in [0, 0.1) is 17.0 Å². The third kappa shape index (κ3) is 4.50. The van der Waals surface area contributed by atoms with Crippen LogP contribution in [0.2, 0.25) is 0 Å². The van der Waals surface area contributed by atoms with Crippen LogP contribution in [0.3, 0.4) is 0 Å². The van der Waals surface area contributed by atoms with E-state index in [1.54, 1.807) is 7.11 Å². The van der Waals surface area contributed by atoms with Crippen molar-refractivity contribution < 1.29 is 9.66 Å². The lowest BCUT2D eigenvalue weighted by Gasteiger charge is -2.36. The fraction of sp³-hybridized carbons (Fsp3) is 0.273. The number of hydrogen-bond donors (Lipinski definition) is 1. The van der Waals surface area contributed by atoms with Crippen LogP contribution < -0.4 is 19.9 Å². The molecule has 0 unspecified atom stereocenters. The highest BCUT2D eigenvalue weighted by Gasteiger charge is 2.29. The summed E-state index contributed by atoms with van der Waals surface area (Å²) in [7, 11) is 1.64. The van der Waals surface area contributed by atoms with Crippen molar-refractivity contribution in [2.75, 3.05) is 48.4 Å². The zero-order valence-corrected chi connectivity index (χ0v) is 17.5. The van der Waals surface area contributed by atoms with Gasteiger partial charge in [0, 0.05) is 37.6 Å². The number of aromatic nitrogens is 2. The number of nitrogens with zero attached hydrogens (tertiary/aromatic N) is 5. The average molecular weight is 420 g/mol. The van der Waals surface area contributed by atoms with E-state index in [9.17, 15) is 10.1 Å². The van der Waals surface area contributed by atoms with Gasteiger partial charge in [0.15, 0.2) is 0 Å². The minimum Gasteiger partial charge on any atom is -0.497 e. The molecule has 1 aliphatic rings. The molecule has 0 aliphatic carbocycles. The van der Waals surface area contributed by atoms with E-state index in [-0.39, 0.29) is 11.5 Å². The van der Waals surface area contributed by atoms with E-state index >= 15 is 0 Å². The van der Waals surface area contributed by atoms with Gasteiger partial charge in [-0.2, -0.15) is 0 Å². The Morgan fingerprint density at radius 3 is 2.23 bits per heavy atom. The molecular formula is C22H24N6O3. The Balaban J connectivity index is 1.52. The van der Waals surface area contributed by atoms with Crippen LogP contribution >= 0.6 is 0 Å². The summed E-state index contributed by atoms with van der Waals surface area (Å²) in [6, 6.07) is 15.5. The molecule has 1 fully saturated rings. The highest BCUT2D eigenvalue weighted by atomic mass is 16.6. The normalized spacial score (nSPS) is 13.7. The van der Waals surface area contributed by atoms with E-state index in [0.717, 1.165) is 35.8 Å². The third-order valence-corrected chi connectivity index (χ3v) is 5.32. The van der Waals surface area contributed by atoms with Crippen LogP contribution in [0.25, 0.3) is 0 Å². The zero-order valence-electron chi connectivity index (χ0n) is 17.5. The van der Waals surface area contributed by atoms with Gasteiger partial charge < -0.3 is 19.9 Å². The number of nitro groups is 1. The largest absolute Gasteiger partial charge is 0.497 e. The number of benzene rings is 2. The molecule has 1 N–H and O–H groups in total. The maximum atomic E-state index is 11.9. The smallest absolute Gasteiger partial charge is 0.353 e. The number of methoxy groups -OCH3 is 1. The molecule has 9 heteroatoms. The first-order chi connectivity index (χ1) is 15.0. The van der Waals surface area contributed by atoms with Crippen molar-refractivity contribution in [1.82, 2.24) is 9.97 Å². The summed E-state index contributed by atoms with van der Waals surface area (Å²) >= 11 is 0. The number of ether oxygens (including phenoxy) is 1. The molecule has 0 bridgehead atoms. The molecule has 160 valence electrons. The van der Waals surface area contributed by atoms with Gasteiger partial charge in [0.2, 0.25) is 11.6 Å². The minimum absolute atomic E-state index is 0.110. The van der Waals surface area contributed by atoms with Crippen molar-refractivity contribution in [3.8, 4) is 5.75 Å². The van der Waals surface area contributed by atoms with E-state index in [2.05, 4.69) is 20.2 Å². The number of hydrogen-bond acceptors (Lipinski definition) is 8. The van der Waals surface area contributed by atoms with Gasteiger partial charge in [-0.05, 0) is 43.3 Å². The van der Waals surface area contributed by atoms with E-state index in [0.29, 0.717) is 18.9 Å². The van der Waals surface area contributed by atoms with Crippen LogP contribution in [-0.4, -0.2) is 48.2 Å². The van der Waals surface area contributed by atoms with Crippen molar-refractivity contribution in [1.29, 1.82) is 0 Å².